The van der Waals surface area contributed by atoms with Gasteiger partial charge in [0.15, 0.2) is 0 Å². The first kappa shape index (κ1) is 16.8. The van der Waals surface area contributed by atoms with Crippen molar-refractivity contribution in [2.24, 2.45) is 0 Å². The summed E-state index contributed by atoms with van der Waals surface area (Å²) in [6, 6.07) is 6.31. The van der Waals surface area contributed by atoms with Gasteiger partial charge in [0.2, 0.25) is 11.7 Å². The number of nitrogens with zero attached hydrogens (tertiary/aromatic N) is 3. The van der Waals surface area contributed by atoms with Gasteiger partial charge in [0.25, 0.3) is 0 Å². The largest absolute Gasteiger partial charge is 0.434 e. The molecule has 0 aliphatic rings. The van der Waals surface area contributed by atoms with Crippen molar-refractivity contribution in [1.82, 2.24) is 15.0 Å². The predicted octanol–water partition coefficient (Wildman–Crippen LogP) is 3.51. The molecule has 0 aliphatic carbocycles. The second kappa shape index (κ2) is 8.19. The number of ether oxygens (including phenoxy) is 1. The average molecular weight is 321 g/mol. The molecule has 0 amide bonds. The maximum Gasteiger partial charge on any atom is 0.387 e. The van der Waals surface area contributed by atoms with Gasteiger partial charge in [0.05, 0.1) is 12.1 Å². The number of hydrogen-bond donors (Lipinski definition) is 0. The molecule has 7 heteroatoms. The topological polar surface area (TPSA) is 51.4 Å². The third kappa shape index (κ3) is 4.72. The van der Waals surface area contributed by atoms with Crippen LogP contribution in [0.2, 0.25) is 0 Å². The van der Waals surface area contributed by atoms with Crippen molar-refractivity contribution in [3.63, 3.8) is 0 Å². The highest BCUT2D eigenvalue weighted by Crippen LogP contribution is 2.28. The van der Waals surface area contributed by atoms with Crippen molar-refractivity contribution >= 4 is 0 Å². The normalized spacial score (nSPS) is 11.0. The lowest BCUT2D eigenvalue weighted by Gasteiger charge is -2.15. The van der Waals surface area contributed by atoms with Crippen LogP contribution in [0.1, 0.15) is 5.89 Å². The van der Waals surface area contributed by atoms with Gasteiger partial charge in [0.1, 0.15) is 5.75 Å². The first-order chi connectivity index (χ1) is 11.1. The van der Waals surface area contributed by atoms with Crippen molar-refractivity contribution in [3.8, 4) is 17.1 Å². The molecular weight excluding hydrogens is 304 g/mol. The zero-order chi connectivity index (χ0) is 16.7. The van der Waals surface area contributed by atoms with Gasteiger partial charge in [-0.1, -0.05) is 29.4 Å². The molecule has 0 fully saturated rings. The Morgan fingerprint density at radius 2 is 1.91 bits per heavy atom. The molecule has 1 aromatic heterocycles. The Labute approximate surface area is 132 Å². The summed E-state index contributed by atoms with van der Waals surface area (Å²) in [5, 5.41) is 3.84. The predicted molar refractivity (Wildman–Crippen MR) is 82.0 cm³/mol. The average Bonchev–Trinajstić information content (AvgIpc) is 2.96. The molecule has 0 spiro atoms. The molecule has 1 aromatic carbocycles. The molecule has 0 bridgehead atoms. The van der Waals surface area contributed by atoms with Crippen molar-refractivity contribution in [2.45, 2.75) is 13.2 Å². The molecule has 0 atom stereocenters. The summed E-state index contributed by atoms with van der Waals surface area (Å²) >= 11 is 0. The summed E-state index contributed by atoms with van der Waals surface area (Å²) in [5.41, 5.74) is 0.349. The summed E-state index contributed by atoms with van der Waals surface area (Å²) in [6.45, 7) is 6.13. The van der Waals surface area contributed by atoms with E-state index in [4.69, 9.17) is 4.52 Å². The van der Waals surface area contributed by atoms with E-state index in [0.717, 1.165) is 0 Å². The summed E-state index contributed by atoms with van der Waals surface area (Å²) in [7, 11) is 0. The Balaban J connectivity index is 2.18. The van der Waals surface area contributed by atoms with Crippen LogP contribution in [-0.2, 0) is 6.54 Å². The van der Waals surface area contributed by atoms with Crippen LogP contribution >= 0.6 is 0 Å². The quantitative estimate of drug-likeness (QED) is 0.662. The molecular formula is C16H17F2N3O2. The van der Waals surface area contributed by atoms with Crippen molar-refractivity contribution < 1.29 is 18.0 Å². The Hall–Kier alpha value is -2.54. The highest BCUT2D eigenvalue weighted by atomic mass is 19.3. The van der Waals surface area contributed by atoms with Gasteiger partial charge < -0.3 is 9.26 Å². The van der Waals surface area contributed by atoms with E-state index in [2.05, 4.69) is 28.0 Å². The fraction of sp³-hybridized carbons (Fsp3) is 0.250. The van der Waals surface area contributed by atoms with E-state index < -0.39 is 6.61 Å². The van der Waals surface area contributed by atoms with Crippen molar-refractivity contribution in [2.75, 3.05) is 13.1 Å². The fourth-order valence-electron chi connectivity index (χ4n) is 2.04. The van der Waals surface area contributed by atoms with Crippen LogP contribution in [0.5, 0.6) is 5.75 Å². The molecule has 0 radical (unpaired) electrons. The van der Waals surface area contributed by atoms with E-state index in [1.165, 1.54) is 6.07 Å². The lowest BCUT2D eigenvalue weighted by Crippen LogP contribution is -2.23. The fourth-order valence-corrected chi connectivity index (χ4v) is 2.04. The molecule has 2 rings (SSSR count). The molecule has 2 aromatic rings. The van der Waals surface area contributed by atoms with Gasteiger partial charge in [-0.05, 0) is 12.1 Å². The number of rotatable bonds is 9. The standard InChI is InChI=1S/C16H17F2N3O2/c1-3-9-21(10-4-2)11-14-19-15(20-23-14)12-7-5-6-8-13(12)22-16(17)18/h3-8,16H,1-2,9-11H2. The van der Waals surface area contributed by atoms with E-state index in [1.807, 2.05) is 4.90 Å². The highest BCUT2D eigenvalue weighted by molar-refractivity contribution is 5.63. The first-order valence-electron chi connectivity index (χ1n) is 6.95. The second-order valence-electron chi connectivity index (χ2n) is 4.66. The monoisotopic (exact) mass is 321 g/mol. The third-order valence-electron chi connectivity index (χ3n) is 2.95. The zero-order valence-corrected chi connectivity index (χ0v) is 12.5. The molecule has 23 heavy (non-hydrogen) atoms. The SMILES string of the molecule is C=CCN(CC=C)Cc1nc(-c2ccccc2OC(F)F)no1. The Morgan fingerprint density at radius 3 is 2.57 bits per heavy atom. The summed E-state index contributed by atoms with van der Waals surface area (Å²) in [4.78, 5) is 6.22. The van der Waals surface area contributed by atoms with Crippen LogP contribution in [0.15, 0.2) is 54.1 Å². The maximum absolute atomic E-state index is 12.5. The number of hydrogen-bond acceptors (Lipinski definition) is 5. The number of aromatic nitrogens is 2. The van der Waals surface area contributed by atoms with Gasteiger partial charge in [0, 0.05) is 13.1 Å². The third-order valence-corrected chi connectivity index (χ3v) is 2.95. The molecule has 0 saturated heterocycles. The van der Waals surface area contributed by atoms with Crippen LogP contribution in [0.3, 0.4) is 0 Å². The van der Waals surface area contributed by atoms with Gasteiger partial charge in [-0.3, -0.25) is 4.90 Å². The summed E-state index contributed by atoms with van der Waals surface area (Å²) in [5.74, 6) is 0.577. The molecule has 0 saturated carbocycles. The van der Waals surface area contributed by atoms with Crippen molar-refractivity contribution in [1.29, 1.82) is 0 Å². The second-order valence-corrected chi connectivity index (χ2v) is 4.66. The summed E-state index contributed by atoms with van der Waals surface area (Å²) < 4.78 is 34.6. The van der Waals surface area contributed by atoms with Crippen LogP contribution in [0.25, 0.3) is 11.4 Å². The Morgan fingerprint density at radius 1 is 1.22 bits per heavy atom. The van der Waals surface area contributed by atoms with E-state index in [-0.39, 0.29) is 11.6 Å². The van der Waals surface area contributed by atoms with Gasteiger partial charge in [-0.2, -0.15) is 13.8 Å². The number of benzene rings is 1. The minimum atomic E-state index is -2.92. The molecule has 122 valence electrons. The van der Waals surface area contributed by atoms with Gasteiger partial charge in [-0.25, -0.2) is 0 Å². The van der Waals surface area contributed by atoms with Gasteiger partial charge >= 0.3 is 6.61 Å². The molecule has 0 N–H and O–H groups in total. The van der Waals surface area contributed by atoms with E-state index in [1.54, 1.807) is 30.4 Å². The minimum Gasteiger partial charge on any atom is -0.434 e. The zero-order valence-electron chi connectivity index (χ0n) is 12.5. The maximum atomic E-state index is 12.5. The molecule has 5 nitrogen and oxygen atoms in total. The summed E-state index contributed by atoms with van der Waals surface area (Å²) in [6.07, 6.45) is 3.51. The van der Waals surface area contributed by atoms with Crippen LogP contribution in [0, 0.1) is 0 Å². The first-order valence-corrected chi connectivity index (χ1v) is 6.95. The molecule has 0 aliphatic heterocycles. The van der Waals surface area contributed by atoms with E-state index in [0.29, 0.717) is 31.1 Å². The van der Waals surface area contributed by atoms with Crippen molar-refractivity contribution in [3.05, 3.63) is 55.5 Å². The Bertz CT molecular complexity index is 648. The lowest BCUT2D eigenvalue weighted by atomic mass is 10.2. The van der Waals surface area contributed by atoms with Crippen LogP contribution in [0.4, 0.5) is 8.78 Å². The molecule has 1 heterocycles. The number of alkyl halides is 2. The minimum absolute atomic E-state index is 0.00360. The van der Waals surface area contributed by atoms with Crippen LogP contribution < -0.4 is 4.74 Å². The smallest absolute Gasteiger partial charge is 0.387 e. The van der Waals surface area contributed by atoms with E-state index in [9.17, 15) is 8.78 Å². The number of halogens is 2. The lowest BCUT2D eigenvalue weighted by molar-refractivity contribution is -0.0494. The highest BCUT2D eigenvalue weighted by Gasteiger charge is 2.16. The van der Waals surface area contributed by atoms with E-state index >= 15 is 0 Å². The van der Waals surface area contributed by atoms with Gasteiger partial charge in [-0.15, -0.1) is 13.2 Å². The van der Waals surface area contributed by atoms with Crippen LogP contribution in [-0.4, -0.2) is 34.7 Å². The Kier molecular flexibility index (Phi) is 5.99. The number of para-hydroxylation sites is 1. The molecule has 0 unspecified atom stereocenters.